The largest absolute Gasteiger partial charge is 0.378 e. The van der Waals surface area contributed by atoms with E-state index in [4.69, 9.17) is 0 Å². The molecule has 1 aliphatic heterocycles. The quantitative estimate of drug-likeness (QED) is 0.740. The summed E-state index contributed by atoms with van der Waals surface area (Å²) in [6, 6.07) is 15.7. The highest BCUT2D eigenvalue weighted by Gasteiger charge is 2.37. The van der Waals surface area contributed by atoms with E-state index >= 15 is 0 Å². The van der Waals surface area contributed by atoms with Gasteiger partial charge in [0.25, 0.3) is 0 Å². The van der Waals surface area contributed by atoms with Crippen molar-refractivity contribution < 1.29 is 4.39 Å². The van der Waals surface area contributed by atoms with Crippen LogP contribution in [0.15, 0.2) is 60.7 Å². The summed E-state index contributed by atoms with van der Waals surface area (Å²) in [6.07, 6.45) is 5.67. The Bertz CT molecular complexity index is 659. The van der Waals surface area contributed by atoms with Crippen LogP contribution < -0.4 is 5.32 Å². The van der Waals surface area contributed by atoms with Crippen molar-refractivity contribution in [2.24, 2.45) is 5.92 Å². The summed E-state index contributed by atoms with van der Waals surface area (Å²) in [5, 5.41) is 3.64. The van der Waals surface area contributed by atoms with Gasteiger partial charge in [0.1, 0.15) is 5.82 Å². The zero-order valence-corrected chi connectivity index (χ0v) is 11.1. The molecule has 0 spiro atoms. The molecule has 0 radical (unpaired) electrons. The summed E-state index contributed by atoms with van der Waals surface area (Å²) in [5.41, 5.74) is 3.75. The summed E-state index contributed by atoms with van der Waals surface area (Å²) in [5.74, 6) is 0.823. The third-order valence-electron chi connectivity index (χ3n) is 4.50. The van der Waals surface area contributed by atoms with Crippen molar-refractivity contribution in [3.05, 3.63) is 77.6 Å². The van der Waals surface area contributed by atoms with E-state index in [0.717, 1.165) is 6.42 Å². The van der Waals surface area contributed by atoms with Crippen LogP contribution in [-0.4, -0.2) is 0 Å². The molecule has 1 aliphatic carbocycles. The van der Waals surface area contributed by atoms with Crippen LogP contribution in [0.3, 0.4) is 0 Å². The molecule has 0 bridgehead atoms. The smallest absolute Gasteiger partial charge is 0.123 e. The van der Waals surface area contributed by atoms with Crippen LogP contribution in [0.1, 0.15) is 29.5 Å². The standard InChI is InChI=1S/C18H16FN/c19-13-10-8-12(9-11-13)18-16-6-3-5-14(16)15-4-1-2-7-17(15)20-18/h1-5,7-11,14,16,18,20H,6H2/t14-,16-,18+/m0/s1. The number of fused-ring (bicyclic) bond motifs is 3. The number of allylic oxidation sites excluding steroid dienone is 2. The van der Waals surface area contributed by atoms with Crippen LogP contribution in [0.25, 0.3) is 0 Å². The Labute approximate surface area is 118 Å². The Kier molecular flexibility index (Phi) is 2.62. The van der Waals surface area contributed by atoms with Crippen molar-refractivity contribution >= 4 is 5.69 Å². The van der Waals surface area contributed by atoms with Gasteiger partial charge in [0.2, 0.25) is 0 Å². The minimum atomic E-state index is -0.175. The zero-order chi connectivity index (χ0) is 13.5. The first kappa shape index (κ1) is 11.7. The lowest BCUT2D eigenvalue weighted by molar-refractivity contribution is 0.425. The molecular formula is C18H16FN. The second-order valence-corrected chi connectivity index (χ2v) is 5.61. The van der Waals surface area contributed by atoms with E-state index in [1.165, 1.54) is 16.8 Å². The first-order chi connectivity index (χ1) is 9.83. The maximum Gasteiger partial charge on any atom is 0.123 e. The Morgan fingerprint density at radius 1 is 1.00 bits per heavy atom. The molecular weight excluding hydrogens is 249 g/mol. The summed E-state index contributed by atoms with van der Waals surface area (Å²) >= 11 is 0. The van der Waals surface area contributed by atoms with Crippen molar-refractivity contribution in [1.29, 1.82) is 0 Å². The van der Waals surface area contributed by atoms with Crippen LogP contribution in [0.5, 0.6) is 0 Å². The predicted molar refractivity (Wildman–Crippen MR) is 79.2 cm³/mol. The fourth-order valence-electron chi connectivity index (χ4n) is 3.54. The number of anilines is 1. The number of nitrogens with one attached hydrogen (secondary N) is 1. The van der Waals surface area contributed by atoms with E-state index in [1.807, 2.05) is 12.1 Å². The Morgan fingerprint density at radius 3 is 2.65 bits per heavy atom. The lowest BCUT2D eigenvalue weighted by Gasteiger charge is -2.37. The Balaban J connectivity index is 1.77. The van der Waals surface area contributed by atoms with E-state index in [-0.39, 0.29) is 11.9 Å². The lowest BCUT2D eigenvalue weighted by atomic mass is 9.77. The van der Waals surface area contributed by atoms with Gasteiger partial charge in [-0.1, -0.05) is 42.5 Å². The molecule has 0 saturated heterocycles. The van der Waals surface area contributed by atoms with E-state index in [2.05, 4.69) is 41.7 Å². The van der Waals surface area contributed by atoms with Crippen LogP contribution in [0, 0.1) is 11.7 Å². The van der Waals surface area contributed by atoms with Crippen molar-refractivity contribution in [2.45, 2.75) is 18.4 Å². The second-order valence-electron chi connectivity index (χ2n) is 5.61. The molecule has 0 amide bonds. The number of hydrogen-bond acceptors (Lipinski definition) is 1. The molecule has 2 heteroatoms. The van der Waals surface area contributed by atoms with E-state index in [1.54, 1.807) is 12.1 Å². The molecule has 2 aromatic rings. The van der Waals surface area contributed by atoms with E-state index < -0.39 is 0 Å². The van der Waals surface area contributed by atoms with Crippen LogP contribution in [0.2, 0.25) is 0 Å². The summed E-state index contributed by atoms with van der Waals surface area (Å²) in [6.45, 7) is 0. The minimum Gasteiger partial charge on any atom is -0.378 e. The maximum atomic E-state index is 13.1. The van der Waals surface area contributed by atoms with Gasteiger partial charge in [-0.15, -0.1) is 0 Å². The Hall–Kier alpha value is -2.09. The molecule has 3 atom stereocenters. The molecule has 1 N–H and O–H groups in total. The van der Waals surface area contributed by atoms with E-state index in [9.17, 15) is 4.39 Å². The molecule has 1 heterocycles. The number of benzene rings is 2. The van der Waals surface area contributed by atoms with Gasteiger partial charge in [0.05, 0.1) is 6.04 Å². The van der Waals surface area contributed by atoms with Gasteiger partial charge >= 0.3 is 0 Å². The first-order valence-corrected chi connectivity index (χ1v) is 7.10. The molecule has 0 fully saturated rings. The highest BCUT2D eigenvalue weighted by Crippen LogP contribution is 2.49. The van der Waals surface area contributed by atoms with E-state index in [0.29, 0.717) is 11.8 Å². The molecule has 0 saturated carbocycles. The molecule has 0 aromatic heterocycles. The number of halogens is 1. The molecule has 4 rings (SSSR count). The fourth-order valence-corrected chi connectivity index (χ4v) is 3.54. The molecule has 2 aromatic carbocycles. The van der Waals surface area contributed by atoms with Gasteiger partial charge in [-0.25, -0.2) is 4.39 Å². The van der Waals surface area contributed by atoms with Gasteiger partial charge < -0.3 is 5.32 Å². The van der Waals surface area contributed by atoms with Crippen LogP contribution >= 0.6 is 0 Å². The van der Waals surface area contributed by atoms with Gasteiger partial charge in [-0.05, 0) is 41.7 Å². The van der Waals surface area contributed by atoms with Crippen molar-refractivity contribution in [3.63, 3.8) is 0 Å². The van der Waals surface area contributed by atoms with Crippen molar-refractivity contribution in [3.8, 4) is 0 Å². The van der Waals surface area contributed by atoms with Crippen molar-refractivity contribution in [1.82, 2.24) is 0 Å². The second kappa shape index (κ2) is 4.48. The van der Waals surface area contributed by atoms with Crippen LogP contribution in [-0.2, 0) is 0 Å². The first-order valence-electron chi connectivity index (χ1n) is 7.10. The fraction of sp³-hybridized carbons (Fsp3) is 0.222. The molecule has 0 unspecified atom stereocenters. The molecule has 100 valence electrons. The molecule has 20 heavy (non-hydrogen) atoms. The lowest BCUT2D eigenvalue weighted by Crippen LogP contribution is -2.28. The number of rotatable bonds is 1. The minimum absolute atomic E-state index is 0.175. The highest BCUT2D eigenvalue weighted by molar-refractivity contribution is 5.59. The normalized spacial score (nSPS) is 26.8. The molecule has 1 nitrogen and oxygen atoms in total. The third kappa shape index (κ3) is 1.75. The Morgan fingerprint density at radius 2 is 1.80 bits per heavy atom. The highest BCUT2D eigenvalue weighted by atomic mass is 19.1. The van der Waals surface area contributed by atoms with Crippen LogP contribution in [0.4, 0.5) is 10.1 Å². The van der Waals surface area contributed by atoms with Gasteiger partial charge in [-0.2, -0.15) is 0 Å². The average Bonchev–Trinajstić information content (AvgIpc) is 2.97. The van der Waals surface area contributed by atoms with Gasteiger partial charge in [-0.3, -0.25) is 0 Å². The SMILES string of the molecule is Fc1ccc([C@H]2Nc3ccccc3[C@@H]3C=CC[C@H]23)cc1. The number of hydrogen-bond donors (Lipinski definition) is 1. The topological polar surface area (TPSA) is 12.0 Å². The summed E-state index contributed by atoms with van der Waals surface area (Å²) < 4.78 is 13.1. The zero-order valence-electron chi connectivity index (χ0n) is 11.1. The molecule has 2 aliphatic rings. The third-order valence-corrected chi connectivity index (χ3v) is 4.50. The summed E-state index contributed by atoms with van der Waals surface area (Å²) in [4.78, 5) is 0. The monoisotopic (exact) mass is 265 g/mol. The number of para-hydroxylation sites is 1. The average molecular weight is 265 g/mol. The van der Waals surface area contributed by atoms with Gasteiger partial charge in [0, 0.05) is 11.6 Å². The van der Waals surface area contributed by atoms with Gasteiger partial charge in [0.15, 0.2) is 0 Å². The summed E-state index contributed by atoms with van der Waals surface area (Å²) in [7, 11) is 0. The van der Waals surface area contributed by atoms with Crippen molar-refractivity contribution in [2.75, 3.05) is 5.32 Å². The maximum absolute atomic E-state index is 13.1. The predicted octanol–water partition coefficient (Wildman–Crippen LogP) is 4.65.